The predicted molar refractivity (Wildman–Crippen MR) is 75.2 cm³/mol. The molecule has 0 aliphatic carbocycles. The molecule has 0 aromatic carbocycles. The molecule has 2 heterocycles. The van der Waals surface area contributed by atoms with Gasteiger partial charge < -0.3 is 10.1 Å². The van der Waals surface area contributed by atoms with E-state index in [4.69, 9.17) is 16.3 Å². The molecule has 4 heteroatoms. The van der Waals surface area contributed by atoms with Gasteiger partial charge in [0.25, 0.3) is 0 Å². The number of nitrogens with one attached hydrogen (secondary N) is 1. The summed E-state index contributed by atoms with van der Waals surface area (Å²) in [5.41, 5.74) is 2.06. The largest absolute Gasteiger partial charge is 0.381 e. The monoisotopic (exact) mass is 268 g/mol. The minimum absolute atomic E-state index is 0.359. The van der Waals surface area contributed by atoms with E-state index in [1.807, 2.05) is 6.92 Å². The van der Waals surface area contributed by atoms with Crippen LogP contribution in [0, 0.1) is 12.8 Å². The second-order valence-electron chi connectivity index (χ2n) is 5.35. The van der Waals surface area contributed by atoms with Crippen molar-refractivity contribution in [3.63, 3.8) is 0 Å². The van der Waals surface area contributed by atoms with E-state index in [9.17, 15) is 0 Å². The number of ether oxygens (including phenoxy) is 1. The van der Waals surface area contributed by atoms with E-state index in [1.165, 1.54) is 0 Å². The van der Waals surface area contributed by atoms with E-state index in [2.05, 4.69) is 30.2 Å². The van der Waals surface area contributed by atoms with Crippen LogP contribution in [0.25, 0.3) is 0 Å². The van der Waals surface area contributed by atoms with Crippen LogP contribution in [0.15, 0.2) is 12.3 Å². The molecule has 100 valence electrons. The lowest BCUT2D eigenvalue weighted by Crippen LogP contribution is -2.36. The third-order valence-electron chi connectivity index (χ3n) is 3.44. The van der Waals surface area contributed by atoms with E-state index < -0.39 is 0 Å². The molecule has 0 radical (unpaired) electrons. The Kier molecular flexibility index (Phi) is 4.46. The van der Waals surface area contributed by atoms with Crippen molar-refractivity contribution in [3.8, 4) is 0 Å². The standard InChI is InChI=1S/C14H21ClN2O/c1-9(2)13-7-11(4-5-18-13)17-12-6-10(3)14(15)16-8-12/h6,8-9,11,13,17H,4-5,7H2,1-3H3. The lowest BCUT2D eigenvalue weighted by molar-refractivity contribution is -0.0160. The molecular formula is C14H21ClN2O. The summed E-state index contributed by atoms with van der Waals surface area (Å²) in [6, 6.07) is 2.52. The fraction of sp³-hybridized carbons (Fsp3) is 0.643. The first-order valence-corrected chi connectivity index (χ1v) is 6.94. The lowest BCUT2D eigenvalue weighted by Gasteiger charge is -2.32. The second-order valence-corrected chi connectivity index (χ2v) is 5.71. The third kappa shape index (κ3) is 3.36. The number of halogens is 1. The van der Waals surface area contributed by atoms with Crippen LogP contribution < -0.4 is 5.32 Å². The molecule has 1 saturated heterocycles. The normalized spacial score (nSPS) is 24.3. The summed E-state index contributed by atoms with van der Waals surface area (Å²) in [7, 11) is 0. The van der Waals surface area contributed by atoms with Crippen molar-refractivity contribution in [2.75, 3.05) is 11.9 Å². The van der Waals surface area contributed by atoms with Crippen molar-refractivity contribution >= 4 is 17.3 Å². The van der Waals surface area contributed by atoms with Crippen LogP contribution in [0.3, 0.4) is 0 Å². The second kappa shape index (κ2) is 5.89. The molecular weight excluding hydrogens is 248 g/mol. The number of aryl methyl sites for hydroxylation is 1. The number of rotatable bonds is 3. The average Bonchev–Trinajstić information content (AvgIpc) is 2.34. The van der Waals surface area contributed by atoms with Gasteiger partial charge in [0, 0.05) is 12.6 Å². The van der Waals surface area contributed by atoms with Gasteiger partial charge in [-0.3, -0.25) is 0 Å². The number of pyridine rings is 1. The summed E-state index contributed by atoms with van der Waals surface area (Å²) in [6.45, 7) is 7.23. The summed E-state index contributed by atoms with van der Waals surface area (Å²) in [5, 5.41) is 4.11. The minimum atomic E-state index is 0.359. The molecule has 18 heavy (non-hydrogen) atoms. The summed E-state index contributed by atoms with van der Waals surface area (Å²) in [6.07, 6.45) is 4.26. The molecule has 1 aromatic rings. The number of hydrogen-bond donors (Lipinski definition) is 1. The maximum absolute atomic E-state index is 5.93. The van der Waals surface area contributed by atoms with Gasteiger partial charge >= 0.3 is 0 Å². The molecule has 3 nitrogen and oxygen atoms in total. The Morgan fingerprint density at radius 3 is 2.94 bits per heavy atom. The molecule has 2 rings (SSSR count). The Bertz CT molecular complexity index is 409. The van der Waals surface area contributed by atoms with Crippen LogP contribution in [-0.4, -0.2) is 23.7 Å². The van der Waals surface area contributed by atoms with E-state index >= 15 is 0 Å². The summed E-state index contributed by atoms with van der Waals surface area (Å²) >= 11 is 5.93. The number of anilines is 1. The lowest BCUT2D eigenvalue weighted by atomic mass is 9.95. The van der Waals surface area contributed by atoms with Crippen molar-refractivity contribution in [2.45, 2.75) is 45.8 Å². The highest BCUT2D eigenvalue weighted by molar-refractivity contribution is 6.30. The molecule has 1 fully saturated rings. The Labute approximate surface area is 114 Å². The fourth-order valence-corrected chi connectivity index (χ4v) is 2.40. The molecule has 2 unspecified atom stereocenters. The fourth-order valence-electron chi connectivity index (χ4n) is 2.30. The number of nitrogens with zero attached hydrogens (tertiary/aromatic N) is 1. The van der Waals surface area contributed by atoms with Crippen LogP contribution in [0.4, 0.5) is 5.69 Å². The molecule has 1 aliphatic rings. The molecule has 1 aliphatic heterocycles. The highest BCUT2D eigenvalue weighted by Crippen LogP contribution is 2.24. The molecule has 0 spiro atoms. The van der Waals surface area contributed by atoms with Gasteiger partial charge in [-0.2, -0.15) is 0 Å². The first-order valence-electron chi connectivity index (χ1n) is 6.56. The number of hydrogen-bond acceptors (Lipinski definition) is 3. The van der Waals surface area contributed by atoms with Crippen molar-refractivity contribution in [2.24, 2.45) is 5.92 Å². The molecule has 0 amide bonds. The van der Waals surface area contributed by atoms with Crippen LogP contribution in [-0.2, 0) is 4.74 Å². The Balaban J connectivity index is 1.98. The molecule has 2 atom stereocenters. The summed E-state index contributed by atoms with van der Waals surface area (Å²) in [4.78, 5) is 4.17. The number of aromatic nitrogens is 1. The van der Waals surface area contributed by atoms with Gasteiger partial charge in [-0.15, -0.1) is 0 Å². The molecule has 0 saturated carbocycles. The van der Waals surface area contributed by atoms with Crippen molar-refractivity contribution in [1.82, 2.24) is 4.98 Å². The quantitative estimate of drug-likeness (QED) is 0.850. The zero-order valence-electron chi connectivity index (χ0n) is 11.2. The maximum atomic E-state index is 5.93. The highest BCUT2D eigenvalue weighted by atomic mass is 35.5. The van der Waals surface area contributed by atoms with E-state index in [-0.39, 0.29) is 0 Å². The molecule has 1 aromatic heterocycles. The van der Waals surface area contributed by atoms with E-state index in [1.54, 1.807) is 6.20 Å². The third-order valence-corrected chi connectivity index (χ3v) is 3.84. The van der Waals surface area contributed by atoms with E-state index in [0.29, 0.717) is 23.2 Å². The van der Waals surface area contributed by atoms with Gasteiger partial charge in [0.05, 0.1) is 18.0 Å². The van der Waals surface area contributed by atoms with Crippen LogP contribution >= 0.6 is 11.6 Å². The highest BCUT2D eigenvalue weighted by Gasteiger charge is 2.24. The Morgan fingerprint density at radius 2 is 2.28 bits per heavy atom. The van der Waals surface area contributed by atoms with Crippen molar-refractivity contribution < 1.29 is 4.74 Å². The zero-order chi connectivity index (χ0) is 13.1. The summed E-state index contributed by atoms with van der Waals surface area (Å²) < 4.78 is 5.77. The van der Waals surface area contributed by atoms with Crippen LogP contribution in [0.5, 0.6) is 0 Å². The van der Waals surface area contributed by atoms with Crippen molar-refractivity contribution in [3.05, 3.63) is 23.0 Å². The summed E-state index contributed by atoms with van der Waals surface area (Å²) in [5.74, 6) is 0.569. The van der Waals surface area contributed by atoms with Gasteiger partial charge in [-0.05, 0) is 37.3 Å². The minimum Gasteiger partial charge on any atom is -0.381 e. The van der Waals surface area contributed by atoms with Gasteiger partial charge in [-0.1, -0.05) is 25.4 Å². The van der Waals surface area contributed by atoms with E-state index in [0.717, 1.165) is 30.7 Å². The Morgan fingerprint density at radius 1 is 1.50 bits per heavy atom. The van der Waals surface area contributed by atoms with Gasteiger partial charge in [-0.25, -0.2) is 4.98 Å². The zero-order valence-corrected chi connectivity index (χ0v) is 12.0. The molecule has 1 N–H and O–H groups in total. The maximum Gasteiger partial charge on any atom is 0.132 e. The molecule has 0 bridgehead atoms. The first-order chi connectivity index (χ1) is 8.56. The van der Waals surface area contributed by atoms with Crippen LogP contribution in [0.1, 0.15) is 32.3 Å². The van der Waals surface area contributed by atoms with Gasteiger partial charge in [0.2, 0.25) is 0 Å². The topological polar surface area (TPSA) is 34.1 Å². The first kappa shape index (κ1) is 13.6. The van der Waals surface area contributed by atoms with Crippen molar-refractivity contribution in [1.29, 1.82) is 0 Å². The average molecular weight is 269 g/mol. The SMILES string of the molecule is Cc1cc(NC2CCOC(C(C)C)C2)cnc1Cl. The van der Waals surface area contributed by atoms with Crippen LogP contribution in [0.2, 0.25) is 5.15 Å². The van der Waals surface area contributed by atoms with Gasteiger partial charge in [0.15, 0.2) is 0 Å². The smallest absolute Gasteiger partial charge is 0.132 e. The predicted octanol–water partition coefficient (Wildman–Crippen LogP) is 3.66. The van der Waals surface area contributed by atoms with Gasteiger partial charge in [0.1, 0.15) is 5.15 Å². The Hall–Kier alpha value is -0.800.